The van der Waals surface area contributed by atoms with Crippen LogP contribution in [0.5, 0.6) is 0 Å². The topological polar surface area (TPSA) is 43.4 Å². The van der Waals surface area contributed by atoms with Crippen molar-refractivity contribution in [1.29, 1.82) is 0 Å². The third kappa shape index (κ3) is 4.25. The minimum Gasteiger partial charge on any atom is -0.384 e. The Labute approximate surface area is 102 Å². The van der Waals surface area contributed by atoms with Gasteiger partial charge in [0.05, 0.1) is 0 Å². The summed E-state index contributed by atoms with van der Waals surface area (Å²) in [6.07, 6.45) is 4.46. The highest BCUT2D eigenvalue weighted by molar-refractivity contribution is 7.87. The van der Waals surface area contributed by atoms with Crippen LogP contribution in [0.2, 0.25) is 0 Å². The Morgan fingerprint density at radius 2 is 1.67 bits per heavy atom. The molecule has 0 saturated carbocycles. The molecule has 0 aromatic heterocycles. The van der Waals surface area contributed by atoms with E-state index >= 15 is 0 Å². The molecule has 0 radical (unpaired) electrons. The van der Waals surface area contributed by atoms with Crippen molar-refractivity contribution in [3.8, 4) is 0 Å². The number of rotatable bonds is 4. The van der Waals surface area contributed by atoms with E-state index in [2.05, 4.69) is 4.18 Å². The summed E-state index contributed by atoms with van der Waals surface area (Å²) in [5.41, 5.74) is -4.60. The van der Waals surface area contributed by atoms with Crippen molar-refractivity contribution in [1.82, 2.24) is 0 Å². The molecule has 0 amide bonds. The Balaban J connectivity index is 2.56. The van der Waals surface area contributed by atoms with Crippen LogP contribution < -0.4 is 0 Å². The zero-order valence-corrected chi connectivity index (χ0v) is 9.78. The minimum atomic E-state index is -5.56. The van der Waals surface area contributed by atoms with Gasteiger partial charge in [-0.2, -0.15) is 21.6 Å². The Hall–Kier alpha value is -1.76. The average Bonchev–Trinajstić information content (AvgIpc) is 2.28. The number of halogens is 3. The first-order valence-corrected chi connectivity index (χ1v) is 6.11. The maximum atomic E-state index is 11.8. The molecule has 0 spiro atoms. The first-order chi connectivity index (χ1) is 8.33. The van der Waals surface area contributed by atoms with E-state index in [1.807, 2.05) is 6.07 Å². The van der Waals surface area contributed by atoms with Crippen LogP contribution in [-0.4, -0.2) is 13.9 Å². The Morgan fingerprint density at radius 3 is 2.22 bits per heavy atom. The summed E-state index contributed by atoms with van der Waals surface area (Å²) in [5.74, 6) is 0. The zero-order chi connectivity index (χ0) is 13.6. The van der Waals surface area contributed by atoms with E-state index in [4.69, 9.17) is 0 Å². The second kappa shape index (κ2) is 5.72. The molecule has 0 unspecified atom stereocenters. The van der Waals surface area contributed by atoms with Gasteiger partial charge in [0.1, 0.15) is 6.26 Å². The molecule has 0 heterocycles. The molecule has 0 aliphatic carbocycles. The van der Waals surface area contributed by atoms with E-state index in [0.29, 0.717) is 6.26 Å². The van der Waals surface area contributed by atoms with Gasteiger partial charge in [-0.1, -0.05) is 42.5 Å². The van der Waals surface area contributed by atoms with E-state index in [9.17, 15) is 21.6 Å². The van der Waals surface area contributed by atoms with Crippen LogP contribution in [0.15, 0.2) is 48.7 Å². The third-order valence-corrected chi connectivity index (χ3v) is 2.68. The summed E-state index contributed by atoms with van der Waals surface area (Å²) in [5, 5.41) is 0. The number of hydrogen-bond donors (Lipinski definition) is 0. The molecule has 3 nitrogen and oxygen atoms in total. The van der Waals surface area contributed by atoms with Crippen LogP contribution in [0.3, 0.4) is 0 Å². The molecular weight excluding hydrogens is 269 g/mol. The lowest BCUT2D eigenvalue weighted by atomic mass is 10.2. The van der Waals surface area contributed by atoms with E-state index in [-0.39, 0.29) is 0 Å². The smallest absolute Gasteiger partial charge is 0.384 e. The highest BCUT2D eigenvalue weighted by Gasteiger charge is 2.47. The predicted octanol–water partition coefficient (Wildman–Crippen LogP) is 3.08. The van der Waals surface area contributed by atoms with Crippen LogP contribution in [0.1, 0.15) is 5.56 Å². The minimum absolute atomic E-state index is 0.461. The first-order valence-electron chi connectivity index (χ1n) is 4.71. The fraction of sp³-hybridized carbons (Fsp3) is 0.0909. The van der Waals surface area contributed by atoms with Crippen molar-refractivity contribution < 1.29 is 25.8 Å². The predicted molar refractivity (Wildman–Crippen MR) is 60.7 cm³/mol. The highest BCUT2D eigenvalue weighted by atomic mass is 32.2. The molecule has 0 bridgehead atoms. The van der Waals surface area contributed by atoms with Gasteiger partial charge >= 0.3 is 15.6 Å². The number of benzene rings is 1. The quantitative estimate of drug-likeness (QED) is 0.368. The molecule has 0 aliphatic heterocycles. The van der Waals surface area contributed by atoms with E-state index in [0.717, 1.165) is 11.6 Å². The average molecular weight is 278 g/mol. The number of hydrogen-bond acceptors (Lipinski definition) is 3. The summed E-state index contributed by atoms with van der Waals surface area (Å²) >= 11 is 0. The molecule has 0 N–H and O–H groups in total. The molecule has 0 aliphatic rings. The SMILES string of the molecule is O=S(=O)(O/C=C\C=C\c1ccccc1)C(F)(F)F. The van der Waals surface area contributed by atoms with Gasteiger partial charge in [0.2, 0.25) is 0 Å². The summed E-state index contributed by atoms with van der Waals surface area (Å²) in [6, 6.07) is 8.93. The van der Waals surface area contributed by atoms with Crippen molar-refractivity contribution in [2.24, 2.45) is 0 Å². The largest absolute Gasteiger partial charge is 0.534 e. The summed E-state index contributed by atoms with van der Waals surface area (Å²) in [6.45, 7) is 0. The van der Waals surface area contributed by atoms with Gasteiger partial charge in [-0.15, -0.1) is 0 Å². The van der Waals surface area contributed by atoms with Crippen molar-refractivity contribution in [2.75, 3.05) is 0 Å². The van der Waals surface area contributed by atoms with Gasteiger partial charge < -0.3 is 4.18 Å². The molecule has 1 aromatic carbocycles. The van der Waals surface area contributed by atoms with Gasteiger partial charge in [0.25, 0.3) is 0 Å². The van der Waals surface area contributed by atoms with Crippen LogP contribution in [0, 0.1) is 0 Å². The van der Waals surface area contributed by atoms with E-state index < -0.39 is 15.6 Å². The number of alkyl halides is 3. The fourth-order valence-electron chi connectivity index (χ4n) is 0.936. The zero-order valence-electron chi connectivity index (χ0n) is 8.96. The summed E-state index contributed by atoms with van der Waals surface area (Å²) < 4.78 is 60.1. The lowest BCUT2D eigenvalue weighted by molar-refractivity contribution is -0.0514. The van der Waals surface area contributed by atoms with E-state index in [1.54, 1.807) is 30.3 Å². The maximum absolute atomic E-state index is 11.8. The van der Waals surface area contributed by atoms with Crippen LogP contribution in [0.25, 0.3) is 6.08 Å². The lowest BCUT2D eigenvalue weighted by Crippen LogP contribution is -2.23. The molecule has 18 heavy (non-hydrogen) atoms. The van der Waals surface area contributed by atoms with Crippen molar-refractivity contribution in [3.63, 3.8) is 0 Å². The maximum Gasteiger partial charge on any atom is 0.534 e. The number of allylic oxidation sites excluding steroid dienone is 2. The summed E-state index contributed by atoms with van der Waals surface area (Å²) in [4.78, 5) is 0. The first kappa shape index (κ1) is 14.3. The molecule has 0 fully saturated rings. The van der Waals surface area contributed by atoms with Crippen molar-refractivity contribution >= 4 is 16.2 Å². The molecule has 98 valence electrons. The summed E-state index contributed by atoms with van der Waals surface area (Å²) in [7, 11) is -5.56. The van der Waals surface area contributed by atoms with Gasteiger partial charge in [0, 0.05) is 0 Å². The van der Waals surface area contributed by atoms with Gasteiger partial charge in [0.15, 0.2) is 0 Å². The fourth-order valence-corrected chi connectivity index (χ4v) is 1.26. The normalized spacial score (nSPS) is 13.3. The monoisotopic (exact) mass is 278 g/mol. The van der Waals surface area contributed by atoms with E-state index in [1.165, 1.54) is 6.08 Å². The lowest BCUT2D eigenvalue weighted by Gasteiger charge is -2.04. The molecule has 1 aromatic rings. The molecule has 1 rings (SSSR count). The van der Waals surface area contributed by atoms with Crippen LogP contribution >= 0.6 is 0 Å². The van der Waals surface area contributed by atoms with Crippen molar-refractivity contribution in [2.45, 2.75) is 5.51 Å². The Kier molecular flexibility index (Phi) is 4.55. The molecular formula is C11H9F3O3S. The van der Waals surface area contributed by atoms with Crippen LogP contribution in [0.4, 0.5) is 13.2 Å². The van der Waals surface area contributed by atoms with Gasteiger partial charge in [-0.05, 0) is 11.6 Å². The highest BCUT2D eigenvalue weighted by Crippen LogP contribution is 2.24. The third-order valence-electron chi connectivity index (χ3n) is 1.74. The second-order valence-electron chi connectivity index (χ2n) is 3.09. The van der Waals surface area contributed by atoms with Gasteiger partial charge in [-0.3, -0.25) is 0 Å². The Bertz CT molecular complexity index is 530. The van der Waals surface area contributed by atoms with Crippen molar-refractivity contribution in [3.05, 3.63) is 54.3 Å². The molecule has 0 atom stereocenters. The molecule has 0 saturated heterocycles. The van der Waals surface area contributed by atoms with Crippen LogP contribution in [-0.2, 0) is 14.3 Å². The Morgan fingerprint density at radius 1 is 1.06 bits per heavy atom. The molecule has 7 heteroatoms. The standard InChI is InChI=1S/C11H9F3O3S/c12-11(13,14)18(15,16)17-9-5-4-8-10-6-2-1-3-7-10/h1-9H/b8-4+,9-5-. The second-order valence-corrected chi connectivity index (χ2v) is 4.66. The van der Waals surface area contributed by atoms with Gasteiger partial charge in [-0.25, -0.2) is 0 Å².